The Labute approximate surface area is 112 Å². The second kappa shape index (κ2) is 6.77. The number of nitrogens with zero attached hydrogens (tertiary/aromatic N) is 3. The van der Waals surface area contributed by atoms with E-state index in [0.29, 0.717) is 0 Å². The summed E-state index contributed by atoms with van der Waals surface area (Å²) in [5.74, 6) is 0.555. The highest BCUT2D eigenvalue weighted by Gasteiger charge is 2.19. The summed E-state index contributed by atoms with van der Waals surface area (Å²) >= 11 is 0. The highest BCUT2D eigenvalue weighted by atomic mass is 16.2. The highest BCUT2D eigenvalue weighted by molar-refractivity contribution is 5.83. The lowest BCUT2D eigenvalue weighted by molar-refractivity contribution is -0.122. The molecular formula is C12H21N5O2. The third kappa shape index (κ3) is 4.27. The molecule has 1 aromatic heterocycles. The van der Waals surface area contributed by atoms with Gasteiger partial charge in [-0.25, -0.2) is 9.78 Å². The first kappa shape index (κ1) is 15.0. The van der Waals surface area contributed by atoms with Gasteiger partial charge in [-0.05, 0) is 6.42 Å². The number of imidazole rings is 1. The Morgan fingerprint density at radius 3 is 2.74 bits per heavy atom. The summed E-state index contributed by atoms with van der Waals surface area (Å²) in [7, 11) is 3.37. The van der Waals surface area contributed by atoms with Gasteiger partial charge in [0.05, 0.1) is 6.04 Å². The van der Waals surface area contributed by atoms with Crippen molar-refractivity contribution in [3.8, 4) is 0 Å². The molecule has 7 nitrogen and oxygen atoms in total. The Morgan fingerprint density at radius 2 is 2.26 bits per heavy atom. The maximum Gasteiger partial charge on any atom is 0.314 e. The molecule has 0 radical (unpaired) electrons. The molecule has 0 fully saturated rings. The van der Waals surface area contributed by atoms with Gasteiger partial charge >= 0.3 is 6.03 Å². The van der Waals surface area contributed by atoms with Crippen LogP contribution in [-0.2, 0) is 11.8 Å². The van der Waals surface area contributed by atoms with Crippen molar-refractivity contribution in [3.05, 3.63) is 18.2 Å². The van der Waals surface area contributed by atoms with E-state index in [1.807, 2.05) is 24.7 Å². The van der Waals surface area contributed by atoms with Crippen molar-refractivity contribution in [2.45, 2.75) is 25.8 Å². The third-order valence-corrected chi connectivity index (χ3v) is 2.84. The van der Waals surface area contributed by atoms with Gasteiger partial charge in [0.1, 0.15) is 12.4 Å². The Morgan fingerprint density at radius 1 is 1.58 bits per heavy atom. The van der Waals surface area contributed by atoms with Gasteiger partial charge in [0.2, 0.25) is 5.91 Å². The van der Waals surface area contributed by atoms with Crippen LogP contribution < -0.4 is 11.1 Å². The molecule has 3 amide bonds. The summed E-state index contributed by atoms with van der Waals surface area (Å²) < 4.78 is 1.87. The van der Waals surface area contributed by atoms with Crippen molar-refractivity contribution in [2.75, 3.05) is 13.6 Å². The predicted octanol–water partition coefficient (Wildman–Crippen LogP) is 0.388. The van der Waals surface area contributed by atoms with E-state index in [-0.39, 0.29) is 18.5 Å². The lowest BCUT2D eigenvalue weighted by atomic mass is 10.1. The lowest BCUT2D eigenvalue weighted by Gasteiger charge is -2.20. The Hall–Kier alpha value is -2.05. The van der Waals surface area contributed by atoms with E-state index in [2.05, 4.69) is 10.3 Å². The normalized spacial score (nSPS) is 11.9. The van der Waals surface area contributed by atoms with Gasteiger partial charge in [-0.15, -0.1) is 0 Å². The number of nitrogens with one attached hydrogen (secondary N) is 1. The first-order chi connectivity index (χ1) is 8.95. The number of primary amides is 1. The van der Waals surface area contributed by atoms with E-state index in [4.69, 9.17) is 5.73 Å². The van der Waals surface area contributed by atoms with Crippen molar-refractivity contribution in [3.63, 3.8) is 0 Å². The Kier molecular flexibility index (Phi) is 5.35. The quantitative estimate of drug-likeness (QED) is 0.780. The van der Waals surface area contributed by atoms with Crippen molar-refractivity contribution >= 4 is 11.9 Å². The first-order valence-corrected chi connectivity index (χ1v) is 6.22. The summed E-state index contributed by atoms with van der Waals surface area (Å²) in [5, 5.41) is 2.88. The molecule has 7 heteroatoms. The SMILES string of the molecule is CCC[C@H](NC(=O)CN(C)C(N)=O)c1nccn1C. The zero-order valence-electron chi connectivity index (χ0n) is 11.6. The van der Waals surface area contributed by atoms with Crippen LogP contribution in [0.1, 0.15) is 31.6 Å². The number of hydrogen-bond acceptors (Lipinski definition) is 3. The maximum atomic E-state index is 11.9. The molecular weight excluding hydrogens is 246 g/mol. The van der Waals surface area contributed by atoms with Gasteiger partial charge in [0.25, 0.3) is 0 Å². The van der Waals surface area contributed by atoms with Gasteiger partial charge in [-0.3, -0.25) is 4.79 Å². The predicted molar refractivity (Wildman–Crippen MR) is 71.2 cm³/mol. The molecule has 0 bridgehead atoms. The minimum absolute atomic E-state index is 0.0556. The number of carbonyl (C=O) groups is 2. The first-order valence-electron chi connectivity index (χ1n) is 6.22. The Balaban J connectivity index is 2.67. The van der Waals surface area contributed by atoms with E-state index in [9.17, 15) is 9.59 Å². The fourth-order valence-electron chi connectivity index (χ4n) is 1.80. The largest absolute Gasteiger partial charge is 0.351 e. The molecule has 0 spiro atoms. The molecule has 106 valence electrons. The molecule has 3 N–H and O–H groups in total. The number of urea groups is 1. The highest BCUT2D eigenvalue weighted by Crippen LogP contribution is 2.15. The van der Waals surface area contributed by atoms with E-state index in [0.717, 1.165) is 23.6 Å². The Bertz CT molecular complexity index is 443. The number of aryl methyl sites for hydroxylation is 1. The van der Waals surface area contributed by atoms with Gasteiger partial charge in [0, 0.05) is 26.5 Å². The zero-order valence-corrected chi connectivity index (χ0v) is 11.6. The summed E-state index contributed by atoms with van der Waals surface area (Å²) in [5.41, 5.74) is 5.08. The van der Waals surface area contributed by atoms with Gasteiger partial charge in [-0.2, -0.15) is 0 Å². The van der Waals surface area contributed by atoms with Crippen LogP contribution in [0.5, 0.6) is 0 Å². The average Bonchev–Trinajstić information content (AvgIpc) is 2.74. The van der Waals surface area contributed by atoms with Crippen LogP contribution in [0.4, 0.5) is 4.79 Å². The molecule has 1 atom stereocenters. The van der Waals surface area contributed by atoms with Crippen LogP contribution in [0.25, 0.3) is 0 Å². The van der Waals surface area contributed by atoms with Gasteiger partial charge in [-0.1, -0.05) is 13.3 Å². The molecule has 0 aromatic carbocycles. The number of hydrogen-bond donors (Lipinski definition) is 2. The van der Waals surface area contributed by atoms with Crippen LogP contribution in [-0.4, -0.2) is 40.0 Å². The lowest BCUT2D eigenvalue weighted by Crippen LogP contribution is -2.42. The molecule has 0 aliphatic heterocycles. The zero-order chi connectivity index (χ0) is 14.4. The summed E-state index contributed by atoms with van der Waals surface area (Å²) in [6.45, 7) is 1.98. The topological polar surface area (TPSA) is 93.2 Å². The minimum atomic E-state index is -0.626. The molecule has 1 aromatic rings. The van der Waals surface area contributed by atoms with Crippen LogP contribution in [0, 0.1) is 0 Å². The van der Waals surface area contributed by atoms with Crippen molar-refractivity contribution < 1.29 is 9.59 Å². The molecule has 0 saturated heterocycles. The van der Waals surface area contributed by atoms with Gasteiger partial charge in [0.15, 0.2) is 0 Å². The number of nitrogens with two attached hydrogens (primary N) is 1. The molecule has 0 aliphatic rings. The van der Waals surface area contributed by atoms with E-state index in [1.165, 1.54) is 7.05 Å². The number of rotatable bonds is 6. The number of likely N-dealkylation sites (N-methyl/N-ethyl adjacent to an activating group) is 1. The minimum Gasteiger partial charge on any atom is -0.351 e. The number of amides is 3. The monoisotopic (exact) mass is 267 g/mol. The summed E-state index contributed by atoms with van der Waals surface area (Å²) in [6, 6.07) is -0.780. The van der Waals surface area contributed by atoms with Crippen LogP contribution in [0.15, 0.2) is 12.4 Å². The maximum absolute atomic E-state index is 11.9. The summed E-state index contributed by atoms with van der Waals surface area (Å²) in [4.78, 5) is 28.1. The third-order valence-electron chi connectivity index (χ3n) is 2.84. The molecule has 0 saturated carbocycles. The molecule has 0 aliphatic carbocycles. The molecule has 1 heterocycles. The van der Waals surface area contributed by atoms with Crippen molar-refractivity contribution in [1.29, 1.82) is 0 Å². The number of aromatic nitrogens is 2. The smallest absolute Gasteiger partial charge is 0.314 e. The standard InChI is InChI=1S/C12H21N5O2/c1-4-5-9(11-14-6-7-16(11)2)15-10(18)8-17(3)12(13)19/h6-7,9H,4-5,8H2,1-3H3,(H2,13,19)(H,15,18)/t9-/m0/s1. The fraction of sp³-hybridized carbons (Fsp3) is 0.583. The van der Waals surface area contributed by atoms with E-state index in [1.54, 1.807) is 6.20 Å². The molecule has 1 rings (SSSR count). The molecule has 0 unspecified atom stereocenters. The number of carbonyl (C=O) groups excluding carboxylic acids is 2. The van der Waals surface area contributed by atoms with E-state index >= 15 is 0 Å². The van der Waals surface area contributed by atoms with Crippen LogP contribution >= 0.6 is 0 Å². The summed E-state index contributed by atoms with van der Waals surface area (Å²) in [6.07, 6.45) is 5.24. The van der Waals surface area contributed by atoms with Crippen molar-refractivity contribution in [1.82, 2.24) is 19.8 Å². The molecule has 19 heavy (non-hydrogen) atoms. The van der Waals surface area contributed by atoms with Crippen LogP contribution in [0.2, 0.25) is 0 Å². The second-order valence-corrected chi connectivity index (χ2v) is 4.50. The van der Waals surface area contributed by atoms with Gasteiger partial charge < -0.3 is 20.5 Å². The van der Waals surface area contributed by atoms with E-state index < -0.39 is 6.03 Å². The van der Waals surface area contributed by atoms with Crippen LogP contribution in [0.3, 0.4) is 0 Å². The average molecular weight is 267 g/mol. The second-order valence-electron chi connectivity index (χ2n) is 4.50. The fourth-order valence-corrected chi connectivity index (χ4v) is 1.80. The van der Waals surface area contributed by atoms with Crippen molar-refractivity contribution in [2.24, 2.45) is 12.8 Å².